The molecule has 4 aromatic rings. The van der Waals surface area contributed by atoms with E-state index in [-0.39, 0.29) is 37.5 Å². The van der Waals surface area contributed by atoms with Crippen LogP contribution >= 0.6 is 0 Å². The molecule has 0 saturated heterocycles. The van der Waals surface area contributed by atoms with E-state index in [0.717, 1.165) is 17.2 Å². The van der Waals surface area contributed by atoms with Crippen LogP contribution in [0.3, 0.4) is 0 Å². The first kappa shape index (κ1) is 23.6. The molecule has 1 aliphatic rings. The number of nitrogens with zero attached hydrogens (tertiary/aromatic N) is 4. The molecule has 0 atom stereocenters. The molecule has 1 aliphatic heterocycles. The molecule has 0 bridgehead atoms. The first-order chi connectivity index (χ1) is 17.3. The third-order valence-electron chi connectivity index (χ3n) is 5.40. The molecule has 3 heterocycles. The van der Waals surface area contributed by atoms with E-state index in [1.807, 2.05) is 17.0 Å². The third-order valence-corrected chi connectivity index (χ3v) is 5.40. The number of imidazole rings is 1. The van der Waals surface area contributed by atoms with Crippen molar-refractivity contribution in [2.45, 2.75) is 26.1 Å². The molecule has 186 valence electrons. The maximum absolute atomic E-state index is 13.5. The number of fused-ring (bicyclic) bond motifs is 1. The van der Waals surface area contributed by atoms with Crippen molar-refractivity contribution < 1.29 is 31.8 Å². The van der Waals surface area contributed by atoms with Gasteiger partial charge in [-0.15, -0.1) is 13.2 Å². The van der Waals surface area contributed by atoms with E-state index in [4.69, 9.17) is 9.47 Å². The second-order valence-corrected chi connectivity index (χ2v) is 8.04. The number of hydrogen-bond donors (Lipinski definition) is 0. The minimum Gasteiger partial charge on any atom is -0.425 e. The predicted molar refractivity (Wildman–Crippen MR) is 121 cm³/mol. The quantitative estimate of drug-likeness (QED) is 0.306. The number of pyridine rings is 1. The van der Waals surface area contributed by atoms with Gasteiger partial charge >= 0.3 is 12.4 Å². The van der Waals surface area contributed by atoms with E-state index in [1.165, 1.54) is 30.3 Å². The highest BCUT2D eigenvalue weighted by atomic mass is 19.4. The van der Waals surface area contributed by atoms with Crippen LogP contribution in [0.15, 0.2) is 73.1 Å². The normalized spacial score (nSPS) is 13.4. The molecule has 7 nitrogen and oxygen atoms in total. The Hall–Kier alpha value is -4.12. The lowest BCUT2D eigenvalue weighted by molar-refractivity contribution is -0.274. The molecule has 2 aromatic heterocycles. The fraction of sp³-hybridized carbons (Fsp3) is 0.200. The highest BCUT2D eigenvalue weighted by Crippen LogP contribution is 2.35. The standard InChI is InChI=1S/C25H20F4N4O3/c26-19-8-6-17(7-9-19)14-33-22-15-34-16-32(13-18-3-2-10-30-12-18)23(22)31-24(33)35-20-4-1-5-21(11-20)36-25(27,28)29/h1-12H,13-16H2. The highest BCUT2D eigenvalue weighted by molar-refractivity contribution is 5.49. The summed E-state index contributed by atoms with van der Waals surface area (Å²) >= 11 is 0. The van der Waals surface area contributed by atoms with Crippen molar-refractivity contribution in [3.63, 3.8) is 0 Å². The Labute approximate surface area is 203 Å². The maximum Gasteiger partial charge on any atom is 0.573 e. The molecule has 0 N–H and O–H groups in total. The summed E-state index contributed by atoms with van der Waals surface area (Å²) in [4.78, 5) is 10.7. The lowest BCUT2D eigenvalue weighted by Gasteiger charge is -2.28. The topological polar surface area (TPSA) is 61.6 Å². The van der Waals surface area contributed by atoms with E-state index < -0.39 is 12.1 Å². The van der Waals surface area contributed by atoms with Crippen LogP contribution in [-0.4, -0.2) is 27.6 Å². The van der Waals surface area contributed by atoms with Gasteiger partial charge in [-0.3, -0.25) is 9.55 Å². The lowest BCUT2D eigenvalue weighted by atomic mass is 10.2. The number of alkyl halides is 3. The summed E-state index contributed by atoms with van der Waals surface area (Å²) in [6.07, 6.45) is -1.40. The summed E-state index contributed by atoms with van der Waals surface area (Å²) in [5.41, 5.74) is 2.44. The van der Waals surface area contributed by atoms with Gasteiger partial charge in [-0.1, -0.05) is 24.3 Å². The number of aromatic nitrogens is 3. The predicted octanol–water partition coefficient (Wildman–Crippen LogP) is 5.65. The summed E-state index contributed by atoms with van der Waals surface area (Å²) in [7, 11) is 0. The monoisotopic (exact) mass is 500 g/mol. The Bertz CT molecular complexity index is 1330. The molecule has 0 saturated carbocycles. The summed E-state index contributed by atoms with van der Waals surface area (Å²) < 4.78 is 69.0. The second kappa shape index (κ2) is 9.86. The molecule has 0 aliphatic carbocycles. The Balaban J connectivity index is 1.50. The smallest absolute Gasteiger partial charge is 0.425 e. The minimum absolute atomic E-state index is 0.110. The van der Waals surface area contributed by atoms with Crippen LogP contribution in [0, 0.1) is 5.82 Å². The lowest BCUT2D eigenvalue weighted by Crippen LogP contribution is -2.31. The van der Waals surface area contributed by atoms with Gasteiger partial charge in [0.25, 0.3) is 0 Å². The van der Waals surface area contributed by atoms with E-state index >= 15 is 0 Å². The molecule has 0 radical (unpaired) electrons. The second-order valence-electron chi connectivity index (χ2n) is 8.04. The fourth-order valence-electron chi connectivity index (χ4n) is 3.85. The average Bonchev–Trinajstić information content (AvgIpc) is 3.18. The number of benzene rings is 2. The SMILES string of the molecule is Fc1ccc(Cn2c(Oc3cccc(OC(F)(F)F)c3)nc3c2COCN3Cc2cccnc2)cc1. The molecule has 5 rings (SSSR count). The number of ether oxygens (including phenoxy) is 3. The fourth-order valence-corrected chi connectivity index (χ4v) is 3.85. The van der Waals surface area contributed by atoms with Crippen molar-refractivity contribution in [1.82, 2.24) is 14.5 Å². The summed E-state index contributed by atoms with van der Waals surface area (Å²) in [6, 6.07) is 15.1. The largest absolute Gasteiger partial charge is 0.573 e. The van der Waals surface area contributed by atoms with E-state index in [0.29, 0.717) is 18.1 Å². The van der Waals surface area contributed by atoms with Gasteiger partial charge in [-0.2, -0.15) is 4.98 Å². The first-order valence-corrected chi connectivity index (χ1v) is 10.9. The maximum atomic E-state index is 13.5. The number of hydrogen-bond acceptors (Lipinski definition) is 6. The molecule has 0 spiro atoms. The van der Waals surface area contributed by atoms with Gasteiger partial charge in [0.15, 0.2) is 5.82 Å². The third kappa shape index (κ3) is 5.57. The van der Waals surface area contributed by atoms with Crippen molar-refractivity contribution in [3.05, 3.63) is 95.7 Å². The Morgan fingerprint density at radius 1 is 0.944 bits per heavy atom. The van der Waals surface area contributed by atoms with Crippen molar-refractivity contribution >= 4 is 5.82 Å². The van der Waals surface area contributed by atoms with Gasteiger partial charge in [0.2, 0.25) is 0 Å². The van der Waals surface area contributed by atoms with Crippen LogP contribution < -0.4 is 14.4 Å². The zero-order valence-electron chi connectivity index (χ0n) is 18.8. The number of halogens is 4. The Morgan fingerprint density at radius 2 is 1.75 bits per heavy atom. The van der Waals surface area contributed by atoms with Gasteiger partial charge in [-0.25, -0.2) is 4.39 Å². The van der Waals surface area contributed by atoms with Crippen molar-refractivity contribution in [1.29, 1.82) is 0 Å². The van der Waals surface area contributed by atoms with E-state index in [9.17, 15) is 17.6 Å². The van der Waals surface area contributed by atoms with Crippen molar-refractivity contribution in [3.8, 4) is 17.5 Å². The zero-order valence-corrected chi connectivity index (χ0v) is 18.8. The summed E-state index contributed by atoms with van der Waals surface area (Å²) in [5.74, 6) is -0.0534. The molecule has 0 amide bonds. The molecule has 2 aromatic carbocycles. The Kier molecular flexibility index (Phi) is 6.47. The van der Waals surface area contributed by atoms with E-state index in [1.54, 1.807) is 29.1 Å². The zero-order chi connectivity index (χ0) is 25.1. The summed E-state index contributed by atoms with van der Waals surface area (Å²) in [5, 5.41) is 0. The van der Waals surface area contributed by atoms with Crippen molar-refractivity contribution in [2.75, 3.05) is 11.6 Å². The van der Waals surface area contributed by atoms with Crippen LogP contribution in [0.4, 0.5) is 23.4 Å². The van der Waals surface area contributed by atoms with Gasteiger partial charge in [0.05, 0.1) is 18.8 Å². The molecule has 11 heteroatoms. The van der Waals surface area contributed by atoms with Crippen LogP contribution in [0.1, 0.15) is 16.8 Å². The molecule has 0 unspecified atom stereocenters. The highest BCUT2D eigenvalue weighted by Gasteiger charge is 2.31. The molecule has 0 fully saturated rings. The molecular formula is C25H20F4N4O3. The van der Waals surface area contributed by atoms with Gasteiger partial charge in [0, 0.05) is 25.0 Å². The van der Waals surface area contributed by atoms with Crippen LogP contribution in [-0.2, 0) is 24.4 Å². The van der Waals surface area contributed by atoms with E-state index in [2.05, 4.69) is 14.7 Å². The number of rotatable bonds is 7. The van der Waals surface area contributed by atoms with Gasteiger partial charge < -0.3 is 19.1 Å². The first-order valence-electron chi connectivity index (χ1n) is 10.9. The Morgan fingerprint density at radius 3 is 2.50 bits per heavy atom. The van der Waals surface area contributed by atoms with Crippen LogP contribution in [0.5, 0.6) is 17.5 Å². The minimum atomic E-state index is -4.83. The summed E-state index contributed by atoms with van der Waals surface area (Å²) in [6.45, 7) is 1.28. The molecular weight excluding hydrogens is 480 g/mol. The number of anilines is 1. The van der Waals surface area contributed by atoms with Gasteiger partial charge in [0.1, 0.15) is 24.0 Å². The average molecular weight is 500 g/mol. The van der Waals surface area contributed by atoms with Gasteiger partial charge in [-0.05, 0) is 41.5 Å². The van der Waals surface area contributed by atoms with Crippen LogP contribution in [0.25, 0.3) is 0 Å². The van der Waals surface area contributed by atoms with Crippen LogP contribution in [0.2, 0.25) is 0 Å². The molecule has 36 heavy (non-hydrogen) atoms. The van der Waals surface area contributed by atoms with Crippen molar-refractivity contribution in [2.24, 2.45) is 0 Å².